The predicted molar refractivity (Wildman–Crippen MR) is 93.9 cm³/mol. The summed E-state index contributed by atoms with van der Waals surface area (Å²) in [4.78, 5) is 16.0. The number of piperazine rings is 1. The molecule has 3 rings (SSSR count). The number of aryl methyl sites for hydroxylation is 1. The smallest absolute Gasteiger partial charge is 0.410 e. The molecule has 1 fully saturated rings. The van der Waals surface area contributed by atoms with Gasteiger partial charge in [0.25, 0.3) is 0 Å². The lowest BCUT2D eigenvalue weighted by atomic mass is 10.2. The second-order valence-electron chi connectivity index (χ2n) is 7.11. The monoisotopic (exact) mass is 344 g/mol. The van der Waals surface area contributed by atoms with Crippen LogP contribution in [0, 0.1) is 6.92 Å². The Bertz CT molecular complexity index is 726. The standard InChI is InChI=1S/C17H24N6O2/c1-13-7-8-23(20-13)15-6-5-14(18-19-15)21-9-11-22(12-10-21)16(24)25-17(2,3)4/h5-8H,9-12H2,1-4H3. The maximum absolute atomic E-state index is 12.1. The fraction of sp³-hybridized carbons (Fsp3) is 0.529. The summed E-state index contributed by atoms with van der Waals surface area (Å²) >= 11 is 0. The van der Waals surface area contributed by atoms with Gasteiger partial charge in [-0.05, 0) is 45.9 Å². The quantitative estimate of drug-likeness (QED) is 0.830. The highest BCUT2D eigenvalue weighted by molar-refractivity contribution is 5.68. The van der Waals surface area contributed by atoms with Gasteiger partial charge in [-0.2, -0.15) is 5.10 Å². The molecule has 3 heterocycles. The van der Waals surface area contributed by atoms with Crippen LogP contribution < -0.4 is 4.90 Å². The summed E-state index contributed by atoms with van der Waals surface area (Å²) in [6, 6.07) is 5.75. The molecule has 0 saturated carbocycles. The van der Waals surface area contributed by atoms with Gasteiger partial charge < -0.3 is 14.5 Å². The van der Waals surface area contributed by atoms with Crippen LogP contribution in [0.15, 0.2) is 24.4 Å². The second kappa shape index (κ2) is 6.70. The van der Waals surface area contributed by atoms with E-state index in [1.807, 2.05) is 52.1 Å². The second-order valence-corrected chi connectivity index (χ2v) is 7.11. The first-order valence-corrected chi connectivity index (χ1v) is 8.41. The Morgan fingerprint density at radius 3 is 2.20 bits per heavy atom. The summed E-state index contributed by atoms with van der Waals surface area (Å²) in [6.45, 7) is 10.2. The van der Waals surface area contributed by atoms with E-state index in [-0.39, 0.29) is 6.09 Å². The minimum Gasteiger partial charge on any atom is -0.444 e. The van der Waals surface area contributed by atoms with Gasteiger partial charge in [0.2, 0.25) is 0 Å². The molecule has 0 N–H and O–H groups in total. The molecule has 134 valence electrons. The van der Waals surface area contributed by atoms with E-state index in [0.29, 0.717) is 32.0 Å². The molecule has 8 heteroatoms. The van der Waals surface area contributed by atoms with E-state index < -0.39 is 5.60 Å². The summed E-state index contributed by atoms with van der Waals surface area (Å²) < 4.78 is 7.12. The molecule has 0 spiro atoms. The van der Waals surface area contributed by atoms with Gasteiger partial charge in [0, 0.05) is 32.4 Å². The van der Waals surface area contributed by atoms with Crippen molar-refractivity contribution < 1.29 is 9.53 Å². The van der Waals surface area contributed by atoms with E-state index in [1.54, 1.807) is 9.58 Å². The fourth-order valence-electron chi connectivity index (χ4n) is 2.60. The lowest BCUT2D eigenvalue weighted by Crippen LogP contribution is -2.50. The number of amides is 1. The summed E-state index contributed by atoms with van der Waals surface area (Å²) in [7, 11) is 0. The number of carbonyl (C=O) groups excluding carboxylic acids is 1. The fourth-order valence-corrected chi connectivity index (χ4v) is 2.60. The maximum Gasteiger partial charge on any atom is 0.410 e. The zero-order valence-corrected chi connectivity index (χ0v) is 15.1. The van der Waals surface area contributed by atoms with Crippen LogP contribution in [0.5, 0.6) is 0 Å². The van der Waals surface area contributed by atoms with Crippen molar-refractivity contribution in [2.24, 2.45) is 0 Å². The number of hydrogen-bond donors (Lipinski definition) is 0. The number of anilines is 1. The van der Waals surface area contributed by atoms with Crippen molar-refractivity contribution in [1.82, 2.24) is 24.9 Å². The first-order chi connectivity index (χ1) is 11.8. The van der Waals surface area contributed by atoms with Crippen LogP contribution in [0.3, 0.4) is 0 Å². The zero-order chi connectivity index (χ0) is 18.0. The van der Waals surface area contributed by atoms with Gasteiger partial charge >= 0.3 is 6.09 Å². The van der Waals surface area contributed by atoms with Crippen LogP contribution in [0.2, 0.25) is 0 Å². The van der Waals surface area contributed by atoms with Gasteiger partial charge in [-0.15, -0.1) is 10.2 Å². The molecule has 25 heavy (non-hydrogen) atoms. The highest BCUT2D eigenvalue weighted by atomic mass is 16.6. The summed E-state index contributed by atoms with van der Waals surface area (Å²) in [6.07, 6.45) is 1.60. The molecule has 8 nitrogen and oxygen atoms in total. The van der Waals surface area contributed by atoms with Crippen molar-refractivity contribution in [3.05, 3.63) is 30.1 Å². The Balaban J connectivity index is 1.59. The minimum atomic E-state index is -0.472. The van der Waals surface area contributed by atoms with Crippen molar-refractivity contribution in [3.63, 3.8) is 0 Å². The molecule has 1 amide bonds. The molecule has 0 atom stereocenters. The largest absolute Gasteiger partial charge is 0.444 e. The molecule has 0 aromatic carbocycles. The minimum absolute atomic E-state index is 0.261. The van der Waals surface area contributed by atoms with Crippen LogP contribution in [0.4, 0.5) is 10.6 Å². The van der Waals surface area contributed by atoms with Gasteiger partial charge in [-0.1, -0.05) is 0 Å². The van der Waals surface area contributed by atoms with Crippen LogP contribution in [0.1, 0.15) is 26.5 Å². The summed E-state index contributed by atoms with van der Waals surface area (Å²) in [5.41, 5.74) is 0.463. The van der Waals surface area contributed by atoms with E-state index in [1.165, 1.54) is 0 Å². The number of rotatable bonds is 2. The van der Waals surface area contributed by atoms with Gasteiger partial charge in [-0.3, -0.25) is 0 Å². The number of aromatic nitrogens is 4. The Kier molecular flexibility index (Phi) is 4.61. The zero-order valence-electron chi connectivity index (χ0n) is 15.1. The van der Waals surface area contributed by atoms with Gasteiger partial charge in [-0.25, -0.2) is 9.48 Å². The van der Waals surface area contributed by atoms with Crippen molar-refractivity contribution >= 4 is 11.9 Å². The van der Waals surface area contributed by atoms with Gasteiger partial charge in [0.15, 0.2) is 11.6 Å². The van der Waals surface area contributed by atoms with E-state index in [2.05, 4.69) is 20.2 Å². The van der Waals surface area contributed by atoms with Crippen LogP contribution in [-0.2, 0) is 4.74 Å². The van der Waals surface area contributed by atoms with Gasteiger partial charge in [0.1, 0.15) is 5.60 Å². The van der Waals surface area contributed by atoms with E-state index >= 15 is 0 Å². The van der Waals surface area contributed by atoms with E-state index in [4.69, 9.17) is 4.74 Å². The third-order valence-corrected chi connectivity index (χ3v) is 3.85. The molecule has 0 aliphatic carbocycles. The highest BCUT2D eigenvalue weighted by Crippen LogP contribution is 2.16. The van der Waals surface area contributed by atoms with E-state index in [0.717, 1.165) is 11.5 Å². The molecular formula is C17H24N6O2. The Morgan fingerprint density at radius 1 is 1.04 bits per heavy atom. The topological polar surface area (TPSA) is 76.4 Å². The molecule has 2 aromatic heterocycles. The lowest BCUT2D eigenvalue weighted by molar-refractivity contribution is 0.0240. The molecule has 1 aliphatic heterocycles. The third-order valence-electron chi connectivity index (χ3n) is 3.85. The van der Waals surface area contributed by atoms with Crippen LogP contribution in [-0.4, -0.2) is 62.8 Å². The number of nitrogens with zero attached hydrogens (tertiary/aromatic N) is 6. The molecule has 0 unspecified atom stereocenters. The van der Waals surface area contributed by atoms with Crippen molar-refractivity contribution in [1.29, 1.82) is 0 Å². The number of ether oxygens (including phenoxy) is 1. The van der Waals surface area contributed by atoms with Gasteiger partial charge in [0.05, 0.1) is 5.69 Å². The van der Waals surface area contributed by atoms with Crippen molar-refractivity contribution in [3.8, 4) is 5.82 Å². The Hall–Kier alpha value is -2.64. The van der Waals surface area contributed by atoms with Crippen molar-refractivity contribution in [2.75, 3.05) is 31.1 Å². The Morgan fingerprint density at radius 2 is 1.68 bits per heavy atom. The van der Waals surface area contributed by atoms with E-state index in [9.17, 15) is 4.79 Å². The number of hydrogen-bond acceptors (Lipinski definition) is 6. The molecule has 2 aromatic rings. The molecular weight excluding hydrogens is 320 g/mol. The third kappa shape index (κ3) is 4.26. The first-order valence-electron chi connectivity index (χ1n) is 8.41. The average molecular weight is 344 g/mol. The normalized spacial score (nSPS) is 15.4. The highest BCUT2D eigenvalue weighted by Gasteiger charge is 2.26. The first kappa shape index (κ1) is 17.2. The summed E-state index contributed by atoms with van der Waals surface area (Å²) in [5, 5.41) is 12.9. The number of carbonyl (C=O) groups is 1. The predicted octanol–water partition coefficient (Wildman–Crippen LogP) is 2.03. The van der Waals surface area contributed by atoms with Crippen LogP contribution >= 0.6 is 0 Å². The van der Waals surface area contributed by atoms with Crippen LogP contribution in [0.25, 0.3) is 5.82 Å². The molecule has 0 bridgehead atoms. The molecule has 1 aliphatic rings. The average Bonchev–Trinajstić information content (AvgIpc) is 3.00. The molecule has 0 radical (unpaired) electrons. The Labute approximate surface area is 147 Å². The SMILES string of the molecule is Cc1ccn(-c2ccc(N3CCN(C(=O)OC(C)(C)C)CC3)nn2)n1. The molecule has 1 saturated heterocycles. The maximum atomic E-state index is 12.1. The summed E-state index contributed by atoms with van der Waals surface area (Å²) in [5.74, 6) is 1.49. The lowest BCUT2D eigenvalue weighted by Gasteiger charge is -2.35. The van der Waals surface area contributed by atoms with Crippen molar-refractivity contribution in [2.45, 2.75) is 33.3 Å².